The molecule has 1 saturated heterocycles. The van der Waals surface area contributed by atoms with E-state index in [0.717, 1.165) is 32.1 Å². The van der Waals surface area contributed by atoms with E-state index in [0.29, 0.717) is 0 Å². The Labute approximate surface area is 153 Å². The van der Waals surface area contributed by atoms with Gasteiger partial charge >= 0.3 is 0 Å². The van der Waals surface area contributed by atoms with Gasteiger partial charge in [0.25, 0.3) is 0 Å². The molecule has 0 amide bonds. The Hall–Kier alpha value is -1.91. The number of hydrogen-bond donors (Lipinski definition) is 0. The van der Waals surface area contributed by atoms with Crippen LogP contribution >= 0.6 is 11.5 Å². The first-order chi connectivity index (χ1) is 12.4. The summed E-state index contributed by atoms with van der Waals surface area (Å²) in [4.78, 5) is 5.10. The van der Waals surface area contributed by atoms with Crippen LogP contribution in [0.4, 0.5) is 5.82 Å². The molecular formula is C21H23N3S. The maximum Gasteiger partial charge on any atom is 0.150 e. The Morgan fingerprint density at radius 1 is 0.960 bits per heavy atom. The van der Waals surface area contributed by atoms with E-state index in [-0.39, 0.29) is 0 Å². The number of nitrogens with zero attached hydrogens (tertiary/aromatic N) is 3. The summed E-state index contributed by atoms with van der Waals surface area (Å²) in [6.45, 7) is 5.72. The van der Waals surface area contributed by atoms with E-state index < -0.39 is 0 Å². The van der Waals surface area contributed by atoms with Gasteiger partial charge in [-0.2, -0.15) is 4.37 Å². The zero-order valence-corrected chi connectivity index (χ0v) is 15.2. The molecular weight excluding hydrogens is 326 g/mol. The van der Waals surface area contributed by atoms with Gasteiger partial charge in [-0.05, 0) is 60.1 Å². The van der Waals surface area contributed by atoms with Crippen LogP contribution in [0.2, 0.25) is 0 Å². The Bertz CT molecular complexity index is 879. The molecule has 5 rings (SSSR count). The van der Waals surface area contributed by atoms with Gasteiger partial charge in [-0.15, -0.1) is 0 Å². The number of anilines is 1. The summed E-state index contributed by atoms with van der Waals surface area (Å²) in [5, 5.41) is 1.31. The van der Waals surface area contributed by atoms with Gasteiger partial charge in [0.1, 0.15) is 5.82 Å². The predicted octanol–water partition coefficient (Wildman–Crippen LogP) is 4.15. The molecule has 4 heteroatoms. The number of hydrogen-bond acceptors (Lipinski definition) is 4. The molecule has 2 aromatic carbocycles. The van der Waals surface area contributed by atoms with E-state index in [2.05, 4.69) is 58.3 Å². The average Bonchev–Trinajstić information content (AvgIpc) is 3.07. The normalized spacial score (nSPS) is 20.5. The predicted molar refractivity (Wildman–Crippen MR) is 106 cm³/mol. The second kappa shape index (κ2) is 6.43. The molecule has 1 aliphatic heterocycles. The van der Waals surface area contributed by atoms with Crippen LogP contribution in [-0.2, 0) is 6.42 Å². The van der Waals surface area contributed by atoms with Crippen LogP contribution < -0.4 is 4.90 Å². The summed E-state index contributed by atoms with van der Waals surface area (Å²) in [5.41, 5.74) is 3.16. The van der Waals surface area contributed by atoms with Gasteiger partial charge in [-0.1, -0.05) is 36.4 Å². The molecule has 1 aliphatic carbocycles. The van der Waals surface area contributed by atoms with E-state index >= 15 is 0 Å². The monoisotopic (exact) mass is 349 g/mol. The highest BCUT2D eigenvalue weighted by Crippen LogP contribution is 2.37. The fraction of sp³-hybridized carbons (Fsp3) is 0.381. The molecule has 0 N–H and O–H groups in total. The standard InChI is InChI=1S/C21H23N3S/c1-2-6-18-16(5-1)15-17(18)9-10-23-11-13-24(14-12-23)21-19-7-3-4-8-20(19)25-22-21/h1-8,17H,9-15H2. The summed E-state index contributed by atoms with van der Waals surface area (Å²) >= 11 is 1.62. The molecule has 2 aliphatic rings. The molecule has 3 aromatic rings. The van der Waals surface area contributed by atoms with Crippen molar-refractivity contribution in [1.29, 1.82) is 0 Å². The number of rotatable bonds is 4. The highest BCUT2D eigenvalue weighted by atomic mass is 32.1. The Morgan fingerprint density at radius 3 is 2.64 bits per heavy atom. The van der Waals surface area contributed by atoms with Crippen molar-refractivity contribution in [2.45, 2.75) is 18.8 Å². The topological polar surface area (TPSA) is 19.4 Å². The highest BCUT2D eigenvalue weighted by Gasteiger charge is 2.26. The summed E-state index contributed by atoms with van der Waals surface area (Å²) in [7, 11) is 0. The van der Waals surface area contributed by atoms with Crippen molar-refractivity contribution in [3.63, 3.8) is 0 Å². The third kappa shape index (κ3) is 2.83. The third-order valence-corrected chi connectivity index (χ3v) is 6.60. The Morgan fingerprint density at radius 2 is 1.76 bits per heavy atom. The van der Waals surface area contributed by atoms with Gasteiger partial charge < -0.3 is 4.90 Å². The maximum atomic E-state index is 4.71. The Kier molecular flexibility index (Phi) is 3.95. The molecule has 1 fully saturated rings. The second-order valence-electron chi connectivity index (χ2n) is 7.22. The minimum Gasteiger partial charge on any atom is -0.353 e. The summed E-state index contributed by atoms with van der Waals surface area (Å²) in [5.74, 6) is 1.98. The van der Waals surface area contributed by atoms with Crippen molar-refractivity contribution in [2.24, 2.45) is 0 Å². The van der Waals surface area contributed by atoms with E-state index in [1.807, 2.05) is 0 Å². The lowest BCUT2D eigenvalue weighted by Gasteiger charge is -2.37. The van der Waals surface area contributed by atoms with E-state index in [9.17, 15) is 0 Å². The van der Waals surface area contributed by atoms with Gasteiger partial charge in [-0.25, -0.2) is 0 Å². The van der Waals surface area contributed by atoms with Crippen LogP contribution in [0.25, 0.3) is 10.1 Å². The summed E-state index contributed by atoms with van der Waals surface area (Å²) in [6, 6.07) is 17.5. The summed E-state index contributed by atoms with van der Waals surface area (Å²) in [6.07, 6.45) is 2.58. The van der Waals surface area contributed by atoms with Crippen LogP contribution in [0.1, 0.15) is 23.5 Å². The maximum absolute atomic E-state index is 4.71. The van der Waals surface area contributed by atoms with Crippen LogP contribution in [0.5, 0.6) is 0 Å². The largest absolute Gasteiger partial charge is 0.353 e. The highest BCUT2D eigenvalue weighted by molar-refractivity contribution is 7.13. The first-order valence-corrected chi connectivity index (χ1v) is 10.1. The molecule has 128 valence electrons. The fourth-order valence-corrected chi connectivity index (χ4v) is 5.04. The number of aromatic nitrogens is 1. The first kappa shape index (κ1) is 15.4. The molecule has 0 saturated carbocycles. The average molecular weight is 350 g/mol. The van der Waals surface area contributed by atoms with Crippen LogP contribution in [-0.4, -0.2) is 42.0 Å². The molecule has 1 aromatic heterocycles. The van der Waals surface area contributed by atoms with Crippen LogP contribution in [0.15, 0.2) is 48.5 Å². The smallest absolute Gasteiger partial charge is 0.150 e. The zero-order chi connectivity index (χ0) is 16.6. The third-order valence-electron chi connectivity index (χ3n) is 5.79. The Balaban J connectivity index is 1.17. The molecule has 1 unspecified atom stereocenters. The van der Waals surface area contributed by atoms with Gasteiger partial charge in [0.2, 0.25) is 0 Å². The van der Waals surface area contributed by atoms with Crippen LogP contribution in [0.3, 0.4) is 0 Å². The van der Waals surface area contributed by atoms with E-state index in [1.165, 1.54) is 35.3 Å². The fourth-order valence-electron chi connectivity index (χ4n) is 4.24. The van der Waals surface area contributed by atoms with Crippen molar-refractivity contribution < 1.29 is 0 Å². The van der Waals surface area contributed by atoms with Crippen molar-refractivity contribution in [3.8, 4) is 0 Å². The van der Waals surface area contributed by atoms with Crippen molar-refractivity contribution in [2.75, 3.05) is 37.6 Å². The summed E-state index contributed by atoms with van der Waals surface area (Å²) < 4.78 is 6.01. The number of fused-ring (bicyclic) bond motifs is 2. The SMILES string of the molecule is c1ccc2c(c1)CC2CCN1CCN(c2nsc3ccccc23)CC1. The van der Waals surface area contributed by atoms with E-state index in [1.54, 1.807) is 22.7 Å². The first-order valence-electron chi connectivity index (χ1n) is 9.28. The molecule has 0 radical (unpaired) electrons. The zero-order valence-electron chi connectivity index (χ0n) is 14.4. The van der Waals surface area contributed by atoms with Gasteiger partial charge in [0.15, 0.2) is 0 Å². The lowest BCUT2D eigenvalue weighted by Crippen LogP contribution is -2.47. The number of benzene rings is 2. The number of piperazine rings is 1. The van der Waals surface area contributed by atoms with Crippen molar-refractivity contribution in [3.05, 3.63) is 59.7 Å². The molecule has 3 nitrogen and oxygen atoms in total. The molecule has 1 atom stereocenters. The van der Waals surface area contributed by atoms with Gasteiger partial charge in [0.05, 0.1) is 4.70 Å². The van der Waals surface area contributed by atoms with E-state index in [4.69, 9.17) is 4.37 Å². The van der Waals surface area contributed by atoms with Crippen molar-refractivity contribution in [1.82, 2.24) is 9.27 Å². The van der Waals surface area contributed by atoms with Gasteiger partial charge in [0, 0.05) is 31.6 Å². The molecule has 0 bridgehead atoms. The minimum atomic E-state index is 0.789. The quantitative estimate of drug-likeness (QED) is 0.705. The van der Waals surface area contributed by atoms with Gasteiger partial charge in [-0.3, -0.25) is 4.90 Å². The minimum absolute atomic E-state index is 0.789. The lowest BCUT2D eigenvalue weighted by atomic mass is 9.76. The van der Waals surface area contributed by atoms with Crippen molar-refractivity contribution >= 4 is 27.4 Å². The molecule has 0 spiro atoms. The second-order valence-corrected chi connectivity index (χ2v) is 8.02. The lowest BCUT2D eigenvalue weighted by molar-refractivity contribution is 0.245. The molecule has 2 heterocycles. The molecule has 25 heavy (non-hydrogen) atoms. The van der Waals surface area contributed by atoms with Crippen LogP contribution in [0, 0.1) is 0 Å².